The molecule has 5 nitrogen and oxygen atoms in total. The van der Waals surface area contributed by atoms with Gasteiger partial charge in [-0.05, 0) is 30.9 Å². The first-order valence-corrected chi connectivity index (χ1v) is 7.23. The Morgan fingerprint density at radius 3 is 2.53 bits per heavy atom. The van der Waals surface area contributed by atoms with Crippen molar-refractivity contribution >= 4 is 21.6 Å². The van der Waals surface area contributed by atoms with E-state index < -0.39 is 38.8 Å². The highest BCUT2D eigenvalue weighted by Gasteiger charge is 2.29. The molecule has 1 saturated carbocycles. The molecule has 1 amide bonds. The third-order valence-corrected chi connectivity index (χ3v) is 4.20. The van der Waals surface area contributed by atoms with Crippen LogP contribution in [0.5, 0.6) is 0 Å². The van der Waals surface area contributed by atoms with E-state index in [-0.39, 0.29) is 11.7 Å². The molecule has 1 aliphatic rings. The van der Waals surface area contributed by atoms with Crippen LogP contribution in [0, 0.1) is 17.6 Å². The van der Waals surface area contributed by atoms with Gasteiger partial charge < -0.3 is 5.73 Å². The Hall–Kier alpha value is -1.70. The van der Waals surface area contributed by atoms with E-state index in [0.29, 0.717) is 0 Å². The minimum Gasteiger partial charge on any atom is -0.365 e. The number of nitrogens with two attached hydrogens (primary N) is 1. The van der Waals surface area contributed by atoms with Gasteiger partial charge in [0, 0.05) is 0 Å². The van der Waals surface area contributed by atoms with Crippen LogP contribution in [0.1, 0.15) is 23.2 Å². The number of hydrogen-bond acceptors (Lipinski definition) is 3. The number of amides is 1. The second-order valence-electron chi connectivity index (χ2n) is 4.48. The molecule has 0 bridgehead atoms. The summed E-state index contributed by atoms with van der Waals surface area (Å²) < 4.78 is 52.4. The van der Waals surface area contributed by atoms with Gasteiger partial charge in [-0.2, -0.15) is 0 Å². The van der Waals surface area contributed by atoms with Gasteiger partial charge in [-0.1, -0.05) is 0 Å². The lowest BCUT2D eigenvalue weighted by Crippen LogP contribution is -2.21. The maximum Gasteiger partial charge on any atom is 0.254 e. The fraction of sp³-hybridized carbons (Fsp3) is 0.364. The first-order valence-electron chi connectivity index (χ1n) is 5.58. The van der Waals surface area contributed by atoms with E-state index in [0.717, 1.165) is 25.0 Å². The highest BCUT2D eigenvalue weighted by atomic mass is 32.2. The molecule has 1 aromatic rings. The second kappa shape index (κ2) is 4.76. The molecule has 19 heavy (non-hydrogen) atoms. The number of carbonyl (C=O) groups excluding carboxylic acids is 1. The molecule has 8 heteroatoms. The molecule has 104 valence electrons. The summed E-state index contributed by atoms with van der Waals surface area (Å²) in [5.41, 5.74) is 3.41. The summed E-state index contributed by atoms with van der Waals surface area (Å²) >= 11 is 0. The lowest BCUT2D eigenvalue weighted by molar-refractivity contribution is 0.0992. The molecule has 1 aliphatic carbocycles. The lowest BCUT2D eigenvalue weighted by Gasteiger charge is -2.10. The van der Waals surface area contributed by atoms with E-state index in [1.807, 2.05) is 4.72 Å². The summed E-state index contributed by atoms with van der Waals surface area (Å²) in [5.74, 6) is -3.76. The van der Waals surface area contributed by atoms with Gasteiger partial charge in [-0.25, -0.2) is 17.2 Å². The topological polar surface area (TPSA) is 89.3 Å². The number of anilines is 1. The van der Waals surface area contributed by atoms with Gasteiger partial charge in [-0.15, -0.1) is 0 Å². The van der Waals surface area contributed by atoms with Crippen LogP contribution in [-0.4, -0.2) is 20.1 Å². The van der Waals surface area contributed by atoms with Crippen molar-refractivity contribution in [2.75, 3.05) is 10.5 Å². The zero-order chi connectivity index (χ0) is 14.2. The molecule has 0 spiro atoms. The number of benzene rings is 1. The van der Waals surface area contributed by atoms with Crippen LogP contribution in [0.15, 0.2) is 12.1 Å². The van der Waals surface area contributed by atoms with E-state index in [9.17, 15) is 22.0 Å². The van der Waals surface area contributed by atoms with Crippen molar-refractivity contribution in [2.45, 2.75) is 12.8 Å². The Balaban J connectivity index is 2.30. The number of sulfonamides is 1. The largest absolute Gasteiger partial charge is 0.365 e. The summed E-state index contributed by atoms with van der Waals surface area (Å²) in [6, 6.07) is 1.71. The van der Waals surface area contributed by atoms with Crippen molar-refractivity contribution in [3.05, 3.63) is 29.3 Å². The Kier molecular flexibility index (Phi) is 3.44. The van der Waals surface area contributed by atoms with Crippen LogP contribution < -0.4 is 10.5 Å². The number of nitrogens with one attached hydrogen (secondary N) is 1. The van der Waals surface area contributed by atoms with Crippen molar-refractivity contribution < 1.29 is 22.0 Å². The highest BCUT2D eigenvalue weighted by molar-refractivity contribution is 7.92. The van der Waals surface area contributed by atoms with E-state index in [4.69, 9.17) is 5.73 Å². The average Bonchev–Trinajstić information content (AvgIpc) is 3.05. The second-order valence-corrected chi connectivity index (χ2v) is 6.24. The first-order chi connectivity index (χ1) is 8.80. The molecule has 1 aromatic carbocycles. The maximum absolute atomic E-state index is 13.8. The van der Waals surface area contributed by atoms with E-state index in [1.54, 1.807) is 0 Å². The summed E-state index contributed by atoms with van der Waals surface area (Å²) in [6.07, 6.45) is 1.64. The molecule has 3 N–H and O–H groups in total. The number of hydrogen-bond donors (Lipinski definition) is 2. The Morgan fingerprint density at radius 2 is 2.00 bits per heavy atom. The molecular formula is C11H12F2N2O3S. The van der Waals surface area contributed by atoms with Gasteiger partial charge in [0.2, 0.25) is 10.0 Å². The first kappa shape index (κ1) is 13.7. The third-order valence-electron chi connectivity index (χ3n) is 2.76. The van der Waals surface area contributed by atoms with Gasteiger partial charge in [0.1, 0.15) is 11.4 Å². The Bertz CT molecular complexity index is 627. The van der Waals surface area contributed by atoms with Crippen LogP contribution in [0.2, 0.25) is 0 Å². The van der Waals surface area contributed by atoms with Crippen LogP contribution in [-0.2, 0) is 10.0 Å². The summed E-state index contributed by atoms with van der Waals surface area (Å²) in [5, 5.41) is 0. The molecule has 0 radical (unpaired) electrons. The molecule has 0 unspecified atom stereocenters. The fourth-order valence-electron chi connectivity index (χ4n) is 1.66. The Morgan fingerprint density at radius 1 is 1.37 bits per heavy atom. The van der Waals surface area contributed by atoms with Crippen LogP contribution >= 0.6 is 0 Å². The minimum absolute atomic E-state index is 0.0802. The predicted octanol–water partition coefficient (Wildman–Crippen LogP) is 1.22. The molecule has 1 fully saturated rings. The number of halogens is 2. The average molecular weight is 290 g/mol. The minimum atomic E-state index is -3.71. The van der Waals surface area contributed by atoms with Crippen LogP contribution in [0.3, 0.4) is 0 Å². The van der Waals surface area contributed by atoms with Crippen molar-refractivity contribution in [3.8, 4) is 0 Å². The van der Waals surface area contributed by atoms with Crippen molar-refractivity contribution in [1.29, 1.82) is 0 Å². The van der Waals surface area contributed by atoms with Gasteiger partial charge in [0.05, 0.1) is 11.4 Å². The number of rotatable bonds is 5. The molecule has 2 rings (SSSR count). The van der Waals surface area contributed by atoms with Crippen LogP contribution in [0.25, 0.3) is 0 Å². The fourth-order valence-corrected chi connectivity index (χ4v) is 3.19. The monoisotopic (exact) mass is 290 g/mol. The molecule has 0 aliphatic heterocycles. The molecule has 0 aromatic heterocycles. The Labute approximate surface area is 108 Å². The summed E-state index contributed by atoms with van der Waals surface area (Å²) in [6.45, 7) is 0. The number of carbonyl (C=O) groups is 1. The smallest absolute Gasteiger partial charge is 0.254 e. The zero-order valence-corrected chi connectivity index (χ0v) is 10.6. The lowest BCUT2D eigenvalue weighted by atomic mass is 10.1. The highest BCUT2D eigenvalue weighted by Crippen LogP contribution is 2.31. The molecule has 0 heterocycles. The number of primary amides is 1. The normalized spacial score (nSPS) is 15.3. The van der Waals surface area contributed by atoms with E-state index in [2.05, 4.69) is 0 Å². The van der Waals surface area contributed by atoms with E-state index >= 15 is 0 Å². The third kappa shape index (κ3) is 3.19. The van der Waals surface area contributed by atoms with Crippen molar-refractivity contribution in [2.24, 2.45) is 11.7 Å². The van der Waals surface area contributed by atoms with Gasteiger partial charge in [-0.3, -0.25) is 9.52 Å². The van der Waals surface area contributed by atoms with Crippen molar-refractivity contribution in [3.63, 3.8) is 0 Å². The van der Waals surface area contributed by atoms with E-state index in [1.165, 1.54) is 0 Å². The quantitative estimate of drug-likeness (QED) is 0.854. The summed E-state index contributed by atoms with van der Waals surface area (Å²) in [4.78, 5) is 10.9. The SMILES string of the molecule is NC(=O)c1c(F)ccc(NS(=O)(=O)CC2CC2)c1F. The molecule has 0 atom stereocenters. The van der Waals surface area contributed by atoms with Gasteiger partial charge >= 0.3 is 0 Å². The molecule has 0 saturated heterocycles. The van der Waals surface area contributed by atoms with Crippen LogP contribution in [0.4, 0.5) is 14.5 Å². The maximum atomic E-state index is 13.8. The molecular weight excluding hydrogens is 278 g/mol. The van der Waals surface area contributed by atoms with Gasteiger partial charge in [0.25, 0.3) is 5.91 Å². The van der Waals surface area contributed by atoms with Crippen molar-refractivity contribution in [1.82, 2.24) is 0 Å². The van der Waals surface area contributed by atoms with Gasteiger partial charge in [0.15, 0.2) is 5.82 Å². The zero-order valence-electron chi connectivity index (χ0n) is 9.82. The predicted molar refractivity (Wildman–Crippen MR) is 65.0 cm³/mol. The standard InChI is InChI=1S/C11H12F2N2O3S/c12-7-3-4-8(10(13)9(7)11(14)16)15-19(17,18)5-6-1-2-6/h3-4,6,15H,1-2,5H2,(H2,14,16). The summed E-state index contributed by atoms with van der Waals surface area (Å²) in [7, 11) is -3.71.